The van der Waals surface area contributed by atoms with Gasteiger partial charge in [0.25, 0.3) is 5.91 Å². The molecule has 1 saturated carbocycles. The van der Waals surface area contributed by atoms with Gasteiger partial charge in [0, 0.05) is 36.3 Å². The molecule has 3 rings (SSSR count). The van der Waals surface area contributed by atoms with E-state index < -0.39 is 0 Å². The van der Waals surface area contributed by atoms with Crippen molar-refractivity contribution in [3.63, 3.8) is 0 Å². The molecule has 1 aromatic rings. The number of amides is 2. The smallest absolute Gasteiger partial charge is 0.253 e. The average molecular weight is 338 g/mol. The quantitative estimate of drug-likeness (QED) is 0.886. The number of nitrogens with one attached hydrogen (secondary N) is 2. The van der Waals surface area contributed by atoms with Crippen molar-refractivity contribution in [2.45, 2.75) is 31.7 Å². The fourth-order valence-corrected chi connectivity index (χ4v) is 2.87. The van der Waals surface area contributed by atoms with E-state index in [1.165, 1.54) is 0 Å². The first-order chi connectivity index (χ1) is 10.7. The number of halogens is 1. The second kappa shape index (κ2) is 7.79. The fraction of sp³-hybridized carbons (Fsp3) is 0.529. The molecule has 1 aliphatic heterocycles. The number of benzene rings is 1. The van der Waals surface area contributed by atoms with Gasteiger partial charge in [-0.1, -0.05) is 0 Å². The Morgan fingerprint density at radius 2 is 1.83 bits per heavy atom. The predicted octanol–water partition coefficient (Wildman–Crippen LogP) is 2.28. The molecule has 1 aliphatic carbocycles. The number of likely N-dealkylation sites (tertiary alicyclic amines) is 1. The minimum absolute atomic E-state index is 0. The molecular formula is C17H24ClN3O2. The summed E-state index contributed by atoms with van der Waals surface area (Å²) in [6.07, 6.45) is 4.13. The number of likely N-dealkylation sites (N-methyl/N-ethyl adjacent to an activating group) is 1. The van der Waals surface area contributed by atoms with Gasteiger partial charge in [-0.2, -0.15) is 0 Å². The highest BCUT2D eigenvalue weighted by atomic mass is 35.5. The van der Waals surface area contributed by atoms with Crippen molar-refractivity contribution in [1.82, 2.24) is 10.2 Å². The molecular weight excluding hydrogens is 314 g/mol. The summed E-state index contributed by atoms with van der Waals surface area (Å²) in [6, 6.07) is 7.61. The molecule has 1 saturated heterocycles. The SMILES string of the molecule is CNC1CCCN(C(=O)c2ccc(NC(=O)C3CC3)cc2)C1.Cl. The van der Waals surface area contributed by atoms with Gasteiger partial charge in [0.1, 0.15) is 0 Å². The van der Waals surface area contributed by atoms with E-state index >= 15 is 0 Å². The molecule has 126 valence electrons. The minimum atomic E-state index is 0. The van der Waals surface area contributed by atoms with Gasteiger partial charge in [-0.25, -0.2) is 0 Å². The van der Waals surface area contributed by atoms with Gasteiger partial charge in [0.15, 0.2) is 0 Å². The van der Waals surface area contributed by atoms with Crippen molar-refractivity contribution in [1.29, 1.82) is 0 Å². The Morgan fingerprint density at radius 1 is 1.13 bits per heavy atom. The van der Waals surface area contributed by atoms with Gasteiger partial charge < -0.3 is 15.5 Å². The van der Waals surface area contributed by atoms with Gasteiger partial charge >= 0.3 is 0 Å². The molecule has 2 aliphatic rings. The van der Waals surface area contributed by atoms with Crippen LogP contribution in [0, 0.1) is 5.92 Å². The average Bonchev–Trinajstić information content (AvgIpc) is 3.40. The first-order valence-corrected chi connectivity index (χ1v) is 8.05. The first kappa shape index (κ1) is 17.8. The molecule has 23 heavy (non-hydrogen) atoms. The number of nitrogens with zero attached hydrogens (tertiary/aromatic N) is 1. The van der Waals surface area contributed by atoms with Crippen LogP contribution < -0.4 is 10.6 Å². The van der Waals surface area contributed by atoms with Gasteiger partial charge in [-0.15, -0.1) is 12.4 Å². The lowest BCUT2D eigenvalue weighted by Crippen LogP contribution is -2.46. The van der Waals surface area contributed by atoms with E-state index in [2.05, 4.69) is 10.6 Å². The maximum atomic E-state index is 12.5. The van der Waals surface area contributed by atoms with E-state index in [9.17, 15) is 9.59 Å². The highest BCUT2D eigenvalue weighted by Crippen LogP contribution is 2.30. The van der Waals surface area contributed by atoms with Crippen LogP contribution in [0.5, 0.6) is 0 Å². The lowest BCUT2D eigenvalue weighted by molar-refractivity contribution is -0.117. The molecule has 2 amide bonds. The molecule has 1 aromatic carbocycles. The van der Waals surface area contributed by atoms with Crippen molar-refractivity contribution < 1.29 is 9.59 Å². The third-order valence-electron chi connectivity index (χ3n) is 4.46. The highest BCUT2D eigenvalue weighted by Gasteiger charge is 2.29. The Labute approximate surface area is 143 Å². The van der Waals surface area contributed by atoms with E-state index in [0.29, 0.717) is 11.6 Å². The summed E-state index contributed by atoms with van der Waals surface area (Å²) in [6.45, 7) is 1.58. The summed E-state index contributed by atoms with van der Waals surface area (Å²) in [5.74, 6) is 0.347. The maximum absolute atomic E-state index is 12.5. The molecule has 0 spiro atoms. The summed E-state index contributed by atoms with van der Waals surface area (Å²) in [5.41, 5.74) is 1.45. The molecule has 1 atom stereocenters. The molecule has 1 unspecified atom stereocenters. The molecule has 2 N–H and O–H groups in total. The zero-order chi connectivity index (χ0) is 15.5. The van der Waals surface area contributed by atoms with Crippen LogP contribution in [0.4, 0.5) is 5.69 Å². The molecule has 0 radical (unpaired) electrons. The zero-order valence-electron chi connectivity index (χ0n) is 13.4. The molecule has 2 fully saturated rings. The molecule has 0 bridgehead atoms. The minimum Gasteiger partial charge on any atom is -0.337 e. The summed E-state index contributed by atoms with van der Waals surface area (Å²) < 4.78 is 0. The number of carbonyl (C=O) groups excluding carboxylic acids is 2. The molecule has 0 aromatic heterocycles. The standard InChI is InChI=1S/C17H23N3O2.ClH/c1-18-15-3-2-10-20(11-15)17(22)13-6-8-14(9-7-13)19-16(21)12-4-5-12;/h6-9,12,15,18H,2-5,10-11H2,1H3,(H,19,21);1H. The van der Waals surface area contributed by atoms with E-state index in [-0.39, 0.29) is 30.1 Å². The lowest BCUT2D eigenvalue weighted by atomic mass is 10.0. The normalized spacial score (nSPS) is 20.6. The number of hydrogen-bond donors (Lipinski definition) is 2. The van der Waals surface area contributed by atoms with Crippen LogP contribution in [0.3, 0.4) is 0 Å². The summed E-state index contributed by atoms with van der Waals surface area (Å²) in [5, 5.41) is 6.14. The topological polar surface area (TPSA) is 61.4 Å². The van der Waals surface area contributed by atoms with Gasteiger partial charge in [0.2, 0.25) is 5.91 Å². The lowest BCUT2D eigenvalue weighted by Gasteiger charge is -2.32. The Hall–Kier alpha value is -1.59. The monoisotopic (exact) mass is 337 g/mol. The van der Waals surface area contributed by atoms with Crippen molar-refractivity contribution in [3.05, 3.63) is 29.8 Å². The summed E-state index contributed by atoms with van der Waals surface area (Å²) in [7, 11) is 1.94. The Balaban J connectivity index is 0.00000192. The third kappa shape index (κ3) is 4.45. The number of anilines is 1. The van der Waals surface area contributed by atoms with E-state index in [1.54, 1.807) is 12.1 Å². The molecule has 5 nitrogen and oxygen atoms in total. The summed E-state index contributed by atoms with van der Waals surface area (Å²) in [4.78, 5) is 26.1. The van der Waals surface area contributed by atoms with Crippen LogP contribution in [0.1, 0.15) is 36.0 Å². The number of piperidine rings is 1. The molecule has 1 heterocycles. The Morgan fingerprint density at radius 3 is 2.43 bits per heavy atom. The largest absolute Gasteiger partial charge is 0.337 e. The predicted molar refractivity (Wildman–Crippen MR) is 93.0 cm³/mol. The van der Waals surface area contributed by atoms with Crippen LogP contribution in [-0.2, 0) is 4.79 Å². The van der Waals surface area contributed by atoms with Crippen LogP contribution in [0.25, 0.3) is 0 Å². The van der Waals surface area contributed by atoms with Gasteiger partial charge in [-0.05, 0) is 57.0 Å². The highest BCUT2D eigenvalue weighted by molar-refractivity contribution is 5.96. The Bertz CT molecular complexity index is 557. The Kier molecular flexibility index (Phi) is 6.02. The second-order valence-corrected chi connectivity index (χ2v) is 6.22. The van der Waals surface area contributed by atoms with E-state index in [1.807, 2.05) is 24.1 Å². The van der Waals surface area contributed by atoms with Crippen molar-refractivity contribution in [2.24, 2.45) is 5.92 Å². The van der Waals surface area contributed by atoms with Crippen molar-refractivity contribution in [3.8, 4) is 0 Å². The van der Waals surface area contributed by atoms with E-state index in [0.717, 1.165) is 44.5 Å². The van der Waals surface area contributed by atoms with Crippen LogP contribution in [0.15, 0.2) is 24.3 Å². The second-order valence-electron chi connectivity index (χ2n) is 6.22. The van der Waals surface area contributed by atoms with Crippen LogP contribution in [-0.4, -0.2) is 42.9 Å². The zero-order valence-corrected chi connectivity index (χ0v) is 14.2. The number of rotatable bonds is 4. The van der Waals surface area contributed by atoms with Crippen molar-refractivity contribution >= 4 is 29.9 Å². The first-order valence-electron chi connectivity index (χ1n) is 8.05. The van der Waals surface area contributed by atoms with Crippen molar-refractivity contribution in [2.75, 3.05) is 25.5 Å². The number of carbonyl (C=O) groups is 2. The molecule has 6 heteroatoms. The summed E-state index contributed by atoms with van der Waals surface area (Å²) >= 11 is 0. The number of hydrogen-bond acceptors (Lipinski definition) is 3. The van der Waals surface area contributed by atoms with Gasteiger partial charge in [-0.3, -0.25) is 9.59 Å². The van der Waals surface area contributed by atoms with Crippen LogP contribution >= 0.6 is 12.4 Å². The van der Waals surface area contributed by atoms with Crippen LogP contribution in [0.2, 0.25) is 0 Å². The van der Waals surface area contributed by atoms with Gasteiger partial charge in [0.05, 0.1) is 0 Å². The third-order valence-corrected chi connectivity index (χ3v) is 4.46. The van der Waals surface area contributed by atoms with E-state index in [4.69, 9.17) is 0 Å². The fourth-order valence-electron chi connectivity index (χ4n) is 2.87. The maximum Gasteiger partial charge on any atom is 0.253 e.